The molecule has 0 aromatic carbocycles. The Morgan fingerprint density at radius 2 is 2.36 bits per heavy atom. The second-order valence-electron chi connectivity index (χ2n) is 2.85. The van der Waals surface area contributed by atoms with Crippen molar-refractivity contribution in [1.29, 1.82) is 0 Å². The van der Waals surface area contributed by atoms with E-state index in [0.717, 1.165) is 5.69 Å². The Morgan fingerprint density at radius 1 is 1.64 bits per heavy atom. The zero-order chi connectivity index (χ0) is 8.27. The normalized spacial score (nSPS) is 10.9. The maximum absolute atomic E-state index is 8.62. The van der Waals surface area contributed by atoms with Crippen molar-refractivity contribution >= 4 is 0 Å². The molecule has 0 aliphatic heterocycles. The van der Waals surface area contributed by atoms with Gasteiger partial charge in [0.2, 0.25) is 0 Å². The third-order valence-electron chi connectivity index (χ3n) is 1.56. The van der Waals surface area contributed by atoms with Gasteiger partial charge < -0.3 is 5.11 Å². The predicted octanol–water partition coefficient (Wildman–Crippen LogP) is 0.999. The minimum Gasteiger partial charge on any atom is -0.396 e. The number of rotatable bonds is 3. The number of aliphatic hydroxyl groups is 1. The van der Waals surface area contributed by atoms with Crippen molar-refractivity contribution < 1.29 is 5.11 Å². The number of hydrogen-bond donors (Lipinski definition) is 1. The van der Waals surface area contributed by atoms with Gasteiger partial charge in [-0.15, -0.1) is 0 Å². The Balaban J connectivity index is 2.66. The standard InChI is InChI=1S/C8H14N2O/c1-7(2)10-5-3-8(9-10)4-6-11/h3,5,7,11H,4,6H2,1-2H3. The molecule has 11 heavy (non-hydrogen) atoms. The van der Waals surface area contributed by atoms with Gasteiger partial charge in [-0.3, -0.25) is 4.68 Å². The summed E-state index contributed by atoms with van der Waals surface area (Å²) in [5, 5.41) is 12.9. The highest BCUT2D eigenvalue weighted by Gasteiger charge is 1.99. The van der Waals surface area contributed by atoms with Crippen molar-refractivity contribution in [3.05, 3.63) is 18.0 Å². The second kappa shape index (κ2) is 3.53. The Kier molecular flexibility index (Phi) is 2.65. The Hall–Kier alpha value is -0.830. The van der Waals surface area contributed by atoms with Gasteiger partial charge in [0.15, 0.2) is 0 Å². The van der Waals surface area contributed by atoms with E-state index in [0.29, 0.717) is 12.5 Å². The monoisotopic (exact) mass is 154 g/mol. The molecular formula is C8H14N2O. The number of aromatic nitrogens is 2. The van der Waals surface area contributed by atoms with Crippen molar-refractivity contribution in [3.63, 3.8) is 0 Å². The molecular weight excluding hydrogens is 140 g/mol. The van der Waals surface area contributed by atoms with E-state index in [1.807, 2.05) is 16.9 Å². The van der Waals surface area contributed by atoms with Gasteiger partial charge in [0.05, 0.1) is 5.69 Å². The summed E-state index contributed by atoms with van der Waals surface area (Å²) in [5.41, 5.74) is 0.959. The molecule has 3 nitrogen and oxygen atoms in total. The van der Waals surface area contributed by atoms with E-state index in [2.05, 4.69) is 18.9 Å². The number of nitrogens with zero attached hydrogens (tertiary/aromatic N) is 2. The molecule has 1 aromatic heterocycles. The lowest BCUT2D eigenvalue weighted by Gasteiger charge is -2.03. The number of aliphatic hydroxyl groups excluding tert-OH is 1. The third kappa shape index (κ3) is 2.05. The average molecular weight is 154 g/mol. The first-order chi connectivity index (χ1) is 5.24. The highest BCUT2D eigenvalue weighted by molar-refractivity contribution is 4.99. The Bertz CT molecular complexity index is 218. The largest absolute Gasteiger partial charge is 0.396 e. The van der Waals surface area contributed by atoms with Crippen LogP contribution in [0, 0.1) is 0 Å². The van der Waals surface area contributed by atoms with Crippen LogP contribution in [0.5, 0.6) is 0 Å². The molecule has 0 bridgehead atoms. The molecule has 3 heteroatoms. The molecule has 0 spiro atoms. The summed E-state index contributed by atoms with van der Waals surface area (Å²) in [6.45, 7) is 4.33. The fraction of sp³-hybridized carbons (Fsp3) is 0.625. The first-order valence-electron chi connectivity index (χ1n) is 3.89. The molecule has 1 heterocycles. The van der Waals surface area contributed by atoms with Gasteiger partial charge in [0.1, 0.15) is 0 Å². The molecule has 1 rings (SSSR count). The summed E-state index contributed by atoms with van der Waals surface area (Å²) in [5.74, 6) is 0. The van der Waals surface area contributed by atoms with Gasteiger partial charge >= 0.3 is 0 Å². The molecule has 0 aliphatic rings. The van der Waals surface area contributed by atoms with Crippen LogP contribution in [0.2, 0.25) is 0 Å². The van der Waals surface area contributed by atoms with E-state index in [-0.39, 0.29) is 6.61 Å². The second-order valence-corrected chi connectivity index (χ2v) is 2.85. The summed E-state index contributed by atoms with van der Waals surface area (Å²) in [6.07, 6.45) is 2.59. The van der Waals surface area contributed by atoms with E-state index in [9.17, 15) is 0 Å². The van der Waals surface area contributed by atoms with Crippen LogP contribution in [0.3, 0.4) is 0 Å². The van der Waals surface area contributed by atoms with E-state index in [4.69, 9.17) is 5.11 Å². The molecule has 0 fully saturated rings. The molecule has 0 unspecified atom stereocenters. The maximum atomic E-state index is 8.62. The highest BCUT2D eigenvalue weighted by atomic mass is 16.3. The minimum absolute atomic E-state index is 0.176. The van der Waals surface area contributed by atoms with Gasteiger partial charge in [-0.25, -0.2) is 0 Å². The van der Waals surface area contributed by atoms with Crippen LogP contribution in [0.1, 0.15) is 25.6 Å². The molecule has 1 N–H and O–H groups in total. The summed E-state index contributed by atoms with van der Waals surface area (Å²) >= 11 is 0. The van der Waals surface area contributed by atoms with Crippen molar-refractivity contribution in [2.45, 2.75) is 26.3 Å². The molecule has 1 aromatic rings. The van der Waals surface area contributed by atoms with Crippen LogP contribution in [0.4, 0.5) is 0 Å². The summed E-state index contributed by atoms with van der Waals surface area (Å²) in [4.78, 5) is 0. The fourth-order valence-corrected chi connectivity index (χ4v) is 0.913. The van der Waals surface area contributed by atoms with Crippen molar-refractivity contribution in [1.82, 2.24) is 9.78 Å². The SMILES string of the molecule is CC(C)n1ccc(CCO)n1. The number of hydrogen-bond acceptors (Lipinski definition) is 2. The molecule has 0 aliphatic carbocycles. The van der Waals surface area contributed by atoms with Crippen molar-refractivity contribution in [2.75, 3.05) is 6.61 Å². The van der Waals surface area contributed by atoms with Gasteiger partial charge in [0.25, 0.3) is 0 Å². The Labute approximate surface area is 66.7 Å². The lowest BCUT2D eigenvalue weighted by Crippen LogP contribution is -2.02. The van der Waals surface area contributed by atoms with Crippen LogP contribution in [-0.2, 0) is 6.42 Å². The van der Waals surface area contributed by atoms with E-state index in [1.165, 1.54) is 0 Å². The van der Waals surface area contributed by atoms with E-state index < -0.39 is 0 Å². The van der Waals surface area contributed by atoms with Crippen LogP contribution in [0.15, 0.2) is 12.3 Å². The Morgan fingerprint density at radius 3 is 2.82 bits per heavy atom. The molecule has 0 radical (unpaired) electrons. The third-order valence-corrected chi connectivity index (χ3v) is 1.56. The molecule has 0 saturated carbocycles. The first kappa shape index (κ1) is 8.27. The zero-order valence-corrected chi connectivity index (χ0v) is 6.99. The lowest BCUT2D eigenvalue weighted by atomic mass is 10.3. The quantitative estimate of drug-likeness (QED) is 0.705. The van der Waals surface area contributed by atoms with Crippen LogP contribution in [-0.4, -0.2) is 21.5 Å². The fourth-order valence-electron chi connectivity index (χ4n) is 0.913. The predicted molar refractivity (Wildman–Crippen MR) is 43.4 cm³/mol. The smallest absolute Gasteiger partial charge is 0.0647 e. The van der Waals surface area contributed by atoms with Crippen LogP contribution < -0.4 is 0 Å². The van der Waals surface area contributed by atoms with Gasteiger partial charge in [-0.1, -0.05) is 0 Å². The molecule has 0 atom stereocenters. The summed E-state index contributed by atoms with van der Waals surface area (Å²) in [6, 6.07) is 2.35. The summed E-state index contributed by atoms with van der Waals surface area (Å²) < 4.78 is 1.89. The summed E-state index contributed by atoms with van der Waals surface area (Å²) in [7, 11) is 0. The minimum atomic E-state index is 0.176. The molecule has 62 valence electrons. The van der Waals surface area contributed by atoms with Gasteiger partial charge in [-0.2, -0.15) is 5.10 Å². The molecule has 0 saturated heterocycles. The highest BCUT2D eigenvalue weighted by Crippen LogP contribution is 2.03. The van der Waals surface area contributed by atoms with Gasteiger partial charge in [-0.05, 0) is 19.9 Å². The average Bonchev–Trinajstić information content (AvgIpc) is 2.37. The van der Waals surface area contributed by atoms with Gasteiger partial charge in [0, 0.05) is 25.3 Å². The van der Waals surface area contributed by atoms with E-state index >= 15 is 0 Å². The lowest BCUT2D eigenvalue weighted by molar-refractivity contribution is 0.297. The van der Waals surface area contributed by atoms with Crippen molar-refractivity contribution in [3.8, 4) is 0 Å². The van der Waals surface area contributed by atoms with Crippen LogP contribution in [0.25, 0.3) is 0 Å². The zero-order valence-electron chi connectivity index (χ0n) is 6.99. The molecule has 0 amide bonds. The maximum Gasteiger partial charge on any atom is 0.0647 e. The van der Waals surface area contributed by atoms with E-state index in [1.54, 1.807) is 0 Å². The topological polar surface area (TPSA) is 38.0 Å². The van der Waals surface area contributed by atoms with Crippen LogP contribution >= 0.6 is 0 Å². The van der Waals surface area contributed by atoms with Crippen molar-refractivity contribution in [2.24, 2.45) is 0 Å². The first-order valence-corrected chi connectivity index (χ1v) is 3.89.